The first-order chi connectivity index (χ1) is 12.6. The van der Waals surface area contributed by atoms with Crippen LogP contribution in [0.2, 0.25) is 5.02 Å². The molecule has 26 heavy (non-hydrogen) atoms. The van der Waals surface area contributed by atoms with Crippen LogP contribution in [-0.4, -0.2) is 49.0 Å². The number of hydrogen-bond donors (Lipinski definition) is 0. The Morgan fingerprint density at radius 2 is 1.85 bits per heavy atom. The van der Waals surface area contributed by atoms with Crippen molar-refractivity contribution in [1.82, 2.24) is 9.80 Å². The highest BCUT2D eigenvalue weighted by Crippen LogP contribution is 2.24. The van der Waals surface area contributed by atoms with Crippen LogP contribution in [0, 0.1) is 11.3 Å². The second-order valence-electron chi connectivity index (χ2n) is 6.14. The topological polar surface area (TPSA) is 56.6 Å². The van der Waals surface area contributed by atoms with E-state index >= 15 is 0 Å². The van der Waals surface area contributed by atoms with Crippen molar-refractivity contribution in [2.24, 2.45) is 0 Å². The zero-order chi connectivity index (χ0) is 18.5. The number of carbonyl (C=O) groups excluding carboxylic acids is 1. The van der Waals surface area contributed by atoms with Crippen molar-refractivity contribution in [3.05, 3.63) is 64.7 Å². The Kier molecular flexibility index (Phi) is 5.77. The van der Waals surface area contributed by atoms with E-state index in [9.17, 15) is 10.1 Å². The molecule has 1 atom stereocenters. The summed E-state index contributed by atoms with van der Waals surface area (Å²) in [4.78, 5) is 16.5. The third-order valence-corrected chi connectivity index (χ3v) is 4.83. The molecule has 1 unspecified atom stereocenters. The highest BCUT2D eigenvalue weighted by molar-refractivity contribution is 6.30. The van der Waals surface area contributed by atoms with E-state index in [1.54, 1.807) is 31.4 Å². The molecule has 0 N–H and O–H groups in total. The van der Waals surface area contributed by atoms with Crippen molar-refractivity contribution in [2.45, 2.75) is 6.04 Å². The third kappa shape index (κ3) is 3.98. The molecule has 5 nitrogen and oxygen atoms in total. The van der Waals surface area contributed by atoms with Gasteiger partial charge in [0.25, 0.3) is 5.91 Å². The minimum absolute atomic E-state index is 0.0231. The number of ether oxygens (including phenoxy) is 1. The van der Waals surface area contributed by atoms with Gasteiger partial charge < -0.3 is 9.64 Å². The molecule has 1 fully saturated rings. The maximum Gasteiger partial charge on any atom is 0.253 e. The van der Waals surface area contributed by atoms with E-state index in [4.69, 9.17) is 16.3 Å². The van der Waals surface area contributed by atoms with Crippen LogP contribution in [-0.2, 0) is 0 Å². The van der Waals surface area contributed by atoms with Crippen LogP contribution in [0.1, 0.15) is 22.0 Å². The van der Waals surface area contributed by atoms with Crippen molar-refractivity contribution in [3.8, 4) is 11.8 Å². The summed E-state index contributed by atoms with van der Waals surface area (Å²) in [6.07, 6.45) is 0. The van der Waals surface area contributed by atoms with Crippen LogP contribution < -0.4 is 4.74 Å². The number of amides is 1. The van der Waals surface area contributed by atoms with Gasteiger partial charge in [0.05, 0.1) is 13.2 Å². The molecule has 6 heteroatoms. The maximum atomic E-state index is 12.6. The highest BCUT2D eigenvalue weighted by atomic mass is 35.5. The van der Waals surface area contributed by atoms with Gasteiger partial charge in [-0.15, -0.1) is 0 Å². The average molecular weight is 370 g/mol. The van der Waals surface area contributed by atoms with Gasteiger partial charge in [-0.25, -0.2) is 0 Å². The molecule has 0 radical (unpaired) electrons. The molecule has 0 aromatic heterocycles. The summed E-state index contributed by atoms with van der Waals surface area (Å²) in [6.45, 7) is 2.46. The lowest BCUT2D eigenvalue weighted by molar-refractivity contribution is 0.0606. The van der Waals surface area contributed by atoms with E-state index in [0.29, 0.717) is 36.8 Å². The van der Waals surface area contributed by atoms with E-state index in [2.05, 4.69) is 11.0 Å². The van der Waals surface area contributed by atoms with Crippen LogP contribution in [0.15, 0.2) is 48.5 Å². The number of benzene rings is 2. The first kappa shape index (κ1) is 18.2. The van der Waals surface area contributed by atoms with Crippen LogP contribution in [0.3, 0.4) is 0 Å². The van der Waals surface area contributed by atoms with E-state index in [0.717, 1.165) is 11.3 Å². The quantitative estimate of drug-likeness (QED) is 0.829. The fourth-order valence-corrected chi connectivity index (χ4v) is 3.33. The number of carbonyl (C=O) groups is 1. The number of hydrogen-bond acceptors (Lipinski definition) is 4. The Morgan fingerprint density at radius 1 is 1.15 bits per heavy atom. The molecule has 3 rings (SSSR count). The second-order valence-corrected chi connectivity index (χ2v) is 6.58. The van der Waals surface area contributed by atoms with Crippen LogP contribution in [0.5, 0.6) is 5.75 Å². The Bertz CT molecular complexity index is 809. The van der Waals surface area contributed by atoms with Crippen molar-refractivity contribution in [1.29, 1.82) is 5.26 Å². The molecule has 0 bridgehead atoms. The minimum atomic E-state index is -0.329. The SMILES string of the molecule is COc1ccc(C(C#N)N2CCN(C(=O)c3cccc(Cl)c3)CC2)cc1. The number of nitrogens with zero attached hydrogens (tertiary/aromatic N) is 3. The molecule has 0 aliphatic carbocycles. The van der Waals surface area contributed by atoms with Crippen molar-refractivity contribution >= 4 is 17.5 Å². The first-order valence-corrected chi connectivity index (χ1v) is 8.82. The van der Waals surface area contributed by atoms with Gasteiger partial charge in [-0.2, -0.15) is 5.26 Å². The zero-order valence-corrected chi connectivity index (χ0v) is 15.3. The van der Waals surface area contributed by atoms with Crippen molar-refractivity contribution in [2.75, 3.05) is 33.3 Å². The summed E-state index contributed by atoms with van der Waals surface area (Å²) in [5, 5.41) is 10.2. The molecule has 2 aromatic rings. The van der Waals surface area contributed by atoms with Gasteiger partial charge >= 0.3 is 0 Å². The van der Waals surface area contributed by atoms with E-state index in [1.807, 2.05) is 29.2 Å². The van der Waals surface area contributed by atoms with E-state index < -0.39 is 0 Å². The number of nitriles is 1. The lowest BCUT2D eigenvalue weighted by atomic mass is 10.1. The molecule has 0 saturated carbocycles. The largest absolute Gasteiger partial charge is 0.497 e. The number of piperazine rings is 1. The molecule has 2 aromatic carbocycles. The van der Waals surface area contributed by atoms with Gasteiger partial charge in [-0.05, 0) is 35.9 Å². The van der Waals surface area contributed by atoms with Gasteiger partial charge in [-0.3, -0.25) is 9.69 Å². The van der Waals surface area contributed by atoms with E-state index in [-0.39, 0.29) is 11.9 Å². The molecule has 1 aliphatic heterocycles. The summed E-state index contributed by atoms with van der Waals surface area (Å²) in [6, 6.07) is 16.6. The average Bonchev–Trinajstić information content (AvgIpc) is 2.69. The highest BCUT2D eigenvalue weighted by Gasteiger charge is 2.27. The molecular weight excluding hydrogens is 350 g/mol. The van der Waals surface area contributed by atoms with Gasteiger partial charge in [0, 0.05) is 36.8 Å². The summed E-state index contributed by atoms with van der Waals surface area (Å²) in [5.41, 5.74) is 1.53. The minimum Gasteiger partial charge on any atom is -0.497 e. The number of halogens is 1. The summed E-state index contributed by atoms with van der Waals surface area (Å²) < 4.78 is 5.17. The molecule has 134 valence electrons. The molecule has 1 amide bonds. The molecule has 1 saturated heterocycles. The first-order valence-electron chi connectivity index (χ1n) is 8.45. The Morgan fingerprint density at radius 3 is 2.42 bits per heavy atom. The van der Waals surface area contributed by atoms with E-state index in [1.165, 1.54) is 0 Å². The Balaban J connectivity index is 1.65. The molecule has 0 spiro atoms. The summed E-state index contributed by atoms with van der Waals surface area (Å²) in [5.74, 6) is 0.743. The third-order valence-electron chi connectivity index (χ3n) is 4.59. The van der Waals surface area contributed by atoms with Gasteiger partial charge in [0.2, 0.25) is 0 Å². The van der Waals surface area contributed by atoms with Crippen molar-refractivity contribution < 1.29 is 9.53 Å². The summed E-state index contributed by atoms with van der Waals surface area (Å²) >= 11 is 5.98. The lowest BCUT2D eigenvalue weighted by Gasteiger charge is -2.37. The number of rotatable bonds is 4. The monoisotopic (exact) mass is 369 g/mol. The Labute approximate surface area is 158 Å². The number of methoxy groups -OCH3 is 1. The Hall–Kier alpha value is -2.55. The van der Waals surface area contributed by atoms with Crippen molar-refractivity contribution in [3.63, 3.8) is 0 Å². The normalized spacial score (nSPS) is 16.0. The van der Waals surface area contributed by atoms with Crippen LogP contribution >= 0.6 is 11.6 Å². The predicted molar refractivity (Wildman–Crippen MR) is 100 cm³/mol. The molecule has 1 heterocycles. The van der Waals surface area contributed by atoms with Crippen LogP contribution in [0.25, 0.3) is 0 Å². The van der Waals surface area contributed by atoms with Gasteiger partial charge in [0.15, 0.2) is 0 Å². The lowest BCUT2D eigenvalue weighted by Crippen LogP contribution is -2.49. The smallest absolute Gasteiger partial charge is 0.253 e. The molecular formula is C20H20ClN3O2. The molecule has 1 aliphatic rings. The maximum absolute atomic E-state index is 12.6. The van der Waals surface area contributed by atoms with Crippen LogP contribution in [0.4, 0.5) is 0 Å². The predicted octanol–water partition coefficient (Wildman–Crippen LogP) is 3.37. The van der Waals surface area contributed by atoms with Gasteiger partial charge in [-0.1, -0.05) is 29.8 Å². The summed E-state index contributed by atoms with van der Waals surface area (Å²) in [7, 11) is 1.62. The van der Waals surface area contributed by atoms with Gasteiger partial charge in [0.1, 0.15) is 11.8 Å². The second kappa shape index (κ2) is 8.22. The fourth-order valence-electron chi connectivity index (χ4n) is 3.14. The fraction of sp³-hybridized carbons (Fsp3) is 0.300. The standard InChI is InChI=1S/C20H20ClN3O2/c1-26-18-7-5-15(6-8-18)19(14-22)23-9-11-24(12-10-23)20(25)16-3-2-4-17(21)13-16/h2-8,13,19H,9-12H2,1H3. The zero-order valence-electron chi connectivity index (χ0n) is 14.6.